The number of hydrogen-bond acceptors (Lipinski definition) is 4. The van der Waals surface area contributed by atoms with Crippen LogP contribution in [0.2, 0.25) is 5.02 Å². The van der Waals surface area contributed by atoms with Gasteiger partial charge in [0.2, 0.25) is 5.95 Å². The molecule has 0 saturated carbocycles. The number of aryl methyl sites for hydroxylation is 1. The first-order valence-electron chi connectivity index (χ1n) is 6.33. The maximum Gasteiger partial charge on any atom is 0.221 e. The third kappa shape index (κ3) is 2.83. The molecule has 3 aromatic rings. The third-order valence-corrected chi connectivity index (χ3v) is 3.22. The van der Waals surface area contributed by atoms with Crippen LogP contribution in [0.15, 0.2) is 52.1 Å². The first-order chi connectivity index (χ1) is 10.1. The average molecular weight is 301 g/mol. The van der Waals surface area contributed by atoms with Gasteiger partial charge in [-0.3, -0.25) is 0 Å². The lowest BCUT2D eigenvalue weighted by Crippen LogP contribution is -1.99. The number of aromatic nitrogens is 2. The molecule has 5 nitrogen and oxygen atoms in total. The van der Waals surface area contributed by atoms with Crippen LogP contribution in [0.1, 0.15) is 11.5 Å². The maximum absolute atomic E-state index is 5.90. The van der Waals surface area contributed by atoms with Crippen molar-refractivity contribution in [2.24, 2.45) is 5.10 Å². The van der Waals surface area contributed by atoms with E-state index in [1.165, 1.54) is 0 Å². The topological polar surface area (TPSA) is 69.3 Å². The number of nitrogen functional groups attached to an aromatic ring is 1. The summed E-state index contributed by atoms with van der Waals surface area (Å²) in [5, 5.41) is 5.00. The molecule has 0 fully saturated rings. The van der Waals surface area contributed by atoms with Crippen molar-refractivity contribution < 1.29 is 4.42 Å². The zero-order chi connectivity index (χ0) is 14.8. The predicted molar refractivity (Wildman–Crippen MR) is 83.5 cm³/mol. The standard InChI is InChI=1S/C15H13ClN4O/c1-10-2-7-13(21-10)8-19-20-14(9-18-15(20)17)11-3-5-12(16)6-4-11/h2-9H,1H3,(H2,17,18). The van der Waals surface area contributed by atoms with Crippen LogP contribution in [-0.2, 0) is 0 Å². The van der Waals surface area contributed by atoms with Gasteiger partial charge in [-0.15, -0.1) is 0 Å². The molecule has 0 unspecified atom stereocenters. The van der Waals surface area contributed by atoms with E-state index in [1.807, 2.05) is 43.3 Å². The summed E-state index contributed by atoms with van der Waals surface area (Å²) in [6, 6.07) is 11.1. The number of benzene rings is 1. The molecule has 0 aliphatic carbocycles. The lowest BCUT2D eigenvalue weighted by molar-refractivity contribution is 0.527. The van der Waals surface area contributed by atoms with Gasteiger partial charge in [-0.05, 0) is 31.2 Å². The molecule has 0 aliphatic rings. The SMILES string of the molecule is Cc1ccc(C=Nn2c(-c3ccc(Cl)cc3)cnc2N)o1. The highest BCUT2D eigenvalue weighted by Gasteiger charge is 2.08. The quantitative estimate of drug-likeness (QED) is 0.752. The second-order valence-electron chi connectivity index (χ2n) is 4.51. The van der Waals surface area contributed by atoms with Crippen LogP contribution in [0.4, 0.5) is 5.95 Å². The molecule has 0 radical (unpaired) electrons. The molecule has 2 heterocycles. The van der Waals surface area contributed by atoms with Gasteiger partial charge in [0.1, 0.15) is 11.5 Å². The Kier molecular flexibility index (Phi) is 3.50. The molecule has 2 N–H and O–H groups in total. The van der Waals surface area contributed by atoms with Crippen molar-refractivity contribution in [3.63, 3.8) is 0 Å². The van der Waals surface area contributed by atoms with E-state index in [-0.39, 0.29) is 0 Å². The Morgan fingerprint density at radius 1 is 1.24 bits per heavy atom. The largest absolute Gasteiger partial charge is 0.460 e. The average Bonchev–Trinajstić information content (AvgIpc) is 3.04. The van der Waals surface area contributed by atoms with Gasteiger partial charge < -0.3 is 10.2 Å². The monoisotopic (exact) mass is 300 g/mol. The summed E-state index contributed by atoms with van der Waals surface area (Å²) in [6.07, 6.45) is 3.27. The van der Waals surface area contributed by atoms with Crippen LogP contribution < -0.4 is 5.73 Å². The molecular weight excluding hydrogens is 288 g/mol. The summed E-state index contributed by atoms with van der Waals surface area (Å²) >= 11 is 5.90. The molecule has 106 valence electrons. The lowest BCUT2D eigenvalue weighted by atomic mass is 10.2. The van der Waals surface area contributed by atoms with Crippen molar-refractivity contribution in [1.29, 1.82) is 0 Å². The number of anilines is 1. The van der Waals surface area contributed by atoms with E-state index in [2.05, 4.69) is 10.1 Å². The van der Waals surface area contributed by atoms with Crippen LogP contribution in [0.25, 0.3) is 11.3 Å². The Balaban J connectivity index is 1.97. The van der Waals surface area contributed by atoms with Gasteiger partial charge >= 0.3 is 0 Å². The van der Waals surface area contributed by atoms with E-state index in [9.17, 15) is 0 Å². The van der Waals surface area contributed by atoms with Gasteiger partial charge in [0.25, 0.3) is 0 Å². The molecule has 3 rings (SSSR count). The Labute approximate surface area is 126 Å². The number of rotatable bonds is 3. The van der Waals surface area contributed by atoms with E-state index in [4.69, 9.17) is 21.8 Å². The number of nitrogens with zero attached hydrogens (tertiary/aromatic N) is 3. The molecule has 0 bridgehead atoms. The van der Waals surface area contributed by atoms with Crippen LogP contribution >= 0.6 is 11.6 Å². The van der Waals surface area contributed by atoms with Crippen molar-refractivity contribution in [1.82, 2.24) is 9.66 Å². The smallest absolute Gasteiger partial charge is 0.221 e. The van der Waals surface area contributed by atoms with Gasteiger partial charge in [0, 0.05) is 10.6 Å². The van der Waals surface area contributed by atoms with Gasteiger partial charge in [0.15, 0.2) is 0 Å². The second-order valence-corrected chi connectivity index (χ2v) is 4.95. The zero-order valence-electron chi connectivity index (χ0n) is 11.3. The minimum atomic E-state index is 0.305. The molecule has 0 aliphatic heterocycles. The summed E-state index contributed by atoms with van der Waals surface area (Å²) in [7, 11) is 0. The highest BCUT2D eigenvalue weighted by atomic mass is 35.5. The number of nitrogens with two attached hydrogens (primary N) is 1. The van der Waals surface area contributed by atoms with E-state index in [0.717, 1.165) is 17.0 Å². The second kappa shape index (κ2) is 5.46. The number of furan rings is 1. The fourth-order valence-electron chi connectivity index (χ4n) is 1.94. The van der Waals surface area contributed by atoms with Gasteiger partial charge in [0.05, 0.1) is 18.1 Å². The summed E-state index contributed by atoms with van der Waals surface area (Å²) in [4.78, 5) is 4.10. The number of halogens is 1. The van der Waals surface area contributed by atoms with E-state index in [1.54, 1.807) is 17.1 Å². The summed E-state index contributed by atoms with van der Waals surface area (Å²) in [6.45, 7) is 1.88. The van der Waals surface area contributed by atoms with Gasteiger partial charge in [-0.25, -0.2) is 4.98 Å². The Hall–Kier alpha value is -2.53. The van der Waals surface area contributed by atoms with Crippen LogP contribution in [0, 0.1) is 6.92 Å². The van der Waals surface area contributed by atoms with E-state index < -0.39 is 0 Å². The summed E-state index contributed by atoms with van der Waals surface area (Å²) in [5.74, 6) is 1.79. The molecule has 21 heavy (non-hydrogen) atoms. The van der Waals surface area contributed by atoms with Gasteiger partial charge in [-0.1, -0.05) is 23.7 Å². The number of imidazole rings is 1. The molecule has 2 aromatic heterocycles. The van der Waals surface area contributed by atoms with Crippen molar-refractivity contribution >= 4 is 23.8 Å². The lowest BCUT2D eigenvalue weighted by Gasteiger charge is -2.03. The first kappa shape index (κ1) is 13.5. The fraction of sp³-hybridized carbons (Fsp3) is 0.0667. The van der Waals surface area contributed by atoms with Gasteiger partial charge in [-0.2, -0.15) is 9.78 Å². The molecule has 0 atom stereocenters. The molecule has 0 spiro atoms. The maximum atomic E-state index is 5.90. The van der Waals surface area contributed by atoms with Crippen molar-refractivity contribution in [3.8, 4) is 11.3 Å². The summed E-state index contributed by atoms with van der Waals surface area (Å²) in [5.41, 5.74) is 7.57. The van der Waals surface area contributed by atoms with Crippen molar-refractivity contribution in [3.05, 3.63) is 59.1 Å². The van der Waals surface area contributed by atoms with Crippen molar-refractivity contribution in [2.75, 3.05) is 5.73 Å². The van der Waals surface area contributed by atoms with E-state index >= 15 is 0 Å². The first-order valence-corrected chi connectivity index (χ1v) is 6.71. The molecule has 0 amide bonds. The zero-order valence-corrected chi connectivity index (χ0v) is 12.1. The molecule has 6 heteroatoms. The van der Waals surface area contributed by atoms with Crippen LogP contribution in [0.3, 0.4) is 0 Å². The molecule has 0 saturated heterocycles. The Morgan fingerprint density at radius 3 is 2.67 bits per heavy atom. The third-order valence-electron chi connectivity index (χ3n) is 2.97. The van der Waals surface area contributed by atoms with Crippen LogP contribution in [-0.4, -0.2) is 15.9 Å². The predicted octanol–water partition coefficient (Wildman–Crippen LogP) is 3.57. The Bertz CT molecular complexity index is 786. The van der Waals surface area contributed by atoms with E-state index in [0.29, 0.717) is 16.7 Å². The highest BCUT2D eigenvalue weighted by Crippen LogP contribution is 2.23. The van der Waals surface area contributed by atoms with Crippen LogP contribution in [0.5, 0.6) is 0 Å². The normalized spacial score (nSPS) is 11.3. The fourth-order valence-corrected chi connectivity index (χ4v) is 2.06. The van der Waals surface area contributed by atoms with Crippen molar-refractivity contribution in [2.45, 2.75) is 6.92 Å². The number of hydrogen-bond donors (Lipinski definition) is 1. The minimum Gasteiger partial charge on any atom is -0.460 e. The summed E-state index contributed by atoms with van der Waals surface area (Å²) < 4.78 is 7.00. The molecule has 1 aromatic carbocycles. The highest BCUT2D eigenvalue weighted by molar-refractivity contribution is 6.30. The Morgan fingerprint density at radius 2 is 2.00 bits per heavy atom. The molecular formula is C15H13ClN4O. The minimum absolute atomic E-state index is 0.305.